The molecule has 3 rings (SSSR count). The topological polar surface area (TPSA) is 47.3 Å². The van der Waals surface area contributed by atoms with Crippen LogP contribution >= 0.6 is 0 Å². The maximum Gasteiger partial charge on any atom is 0.141 e. The molecule has 2 aromatic rings. The van der Waals surface area contributed by atoms with Gasteiger partial charge in [-0.2, -0.15) is 0 Å². The molecule has 1 aliphatic heterocycles. The fraction of sp³-hybridized carbons (Fsp3) is 0.133. The smallest absolute Gasteiger partial charge is 0.141 e. The predicted octanol–water partition coefficient (Wildman–Crippen LogP) is 3.18. The highest BCUT2D eigenvalue weighted by atomic mass is 16.5. The molecule has 0 saturated carbocycles. The van der Waals surface area contributed by atoms with E-state index in [2.05, 4.69) is 0 Å². The summed E-state index contributed by atoms with van der Waals surface area (Å²) in [6.07, 6.45) is 0. The average Bonchev–Trinajstić information content (AvgIpc) is 2.64. The predicted molar refractivity (Wildman–Crippen MR) is 71.3 cm³/mol. The van der Waals surface area contributed by atoms with E-state index in [9.17, 15) is 5.21 Å². The minimum atomic E-state index is -0.591. The second-order valence-corrected chi connectivity index (χ2v) is 4.67. The summed E-state index contributed by atoms with van der Waals surface area (Å²) in [6, 6.07) is 17.4. The van der Waals surface area contributed by atoms with E-state index in [4.69, 9.17) is 5.41 Å². The Kier molecular flexibility index (Phi) is 2.25. The molecule has 0 radical (unpaired) electrons. The Labute approximate surface area is 106 Å². The number of hydrogen-bond donors (Lipinski definition) is 2. The molecule has 2 aromatic carbocycles. The number of hydroxylamine groups is 1. The largest absolute Gasteiger partial charge is 0.285 e. The van der Waals surface area contributed by atoms with Gasteiger partial charge in [-0.05, 0) is 24.1 Å². The van der Waals surface area contributed by atoms with Gasteiger partial charge in [-0.3, -0.25) is 10.6 Å². The molecule has 18 heavy (non-hydrogen) atoms. The highest BCUT2D eigenvalue weighted by molar-refractivity contribution is 6.10. The van der Waals surface area contributed by atoms with Crippen molar-refractivity contribution in [2.75, 3.05) is 5.06 Å². The minimum absolute atomic E-state index is 0.190. The first-order chi connectivity index (χ1) is 8.65. The standard InChI is InChI=1S/C15H14N2O/c1-15(11-7-3-2-4-8-11)12-9-5-6-10-13(12)17(18)14(15)16/h2-10,16,18H,1H3. The van der Waals surface area contributed by atoms with Crippen molar-refractivity contribution in [1.82, 2.24) is 0 Å². The van der Waals surface area contributed by atoms with Crippen molar-refractivity contribution in [2.24, 2.45) is 0 Å². The molecule has 0 aliphatic carbocycles. The number of nitrogens with one attached hydrogen (secondary N) is 1. The minimum Gasteiger partial charge on any atom is -0.285 e. The number of para-hydroxylation sites is 1. The second-order valence-electron chi connectivity index (χ2n) is 4.67. The Morgan fingerprint density at radius 1 is 1.00 bits per heavy atom. The van der Waals surface area contributed by atoms with Gasteiger partial charge in [0.25, 0.3) is 0 Å². The van der Waals surface area contributed by atoms with Crippen molar-refractivity contribution >= 4 is 11.5 Å². The van der Waals surface area contributed by atoms with Crippen molar-refractivity contribution in [3.8, 4) is 0 Å². The van der Waals surface area contributed by atoms with Crippen LogP contribution in [0.25, 0.3) is 0 Å². The van der Waals surface area contributed by atoms with Gasteiger partial charge in [0.2, 0.25) is 0 Å². The number of rotatable bonds is 1. The lowest BCUT2D eigenvalue weighted by molar-refractivity contribution is 0.311. The molecule has 1 heterocycles. The van der Waals surface area contributed by atoms with E-state index in [-0.39, 0.29) is 5.84 Å². The third-order valence-electron chi connectivity index (χ3n) is 3.71. The summed E-state index contributed by atoms with van der Waals surface area (Å²) in [7, 11) is 0. The lowest BCUT2D eigenvalue weighted by Crippen LogP contribution is -2.36. The van der Waals surface area contributed by atoms with Crippen molar-refractivity contribution in [3.63, 3.8) is 0 Å². The summed E-state index contributed by atoms with van der Waals surface area (Å²) in [4.78, 5) is 0. The van der Waals surface area contributed by atoms with E-state index in [0.29, 0.717) is 5.69 Å². The summed E-state index contributed by atoms with van der Waals surface area (Å²) in [6.45, 7) is 1.97. The first-order valence-corrected chi connectivity index (χ1v) is 5.89. The quantitative estimate of drug-likeness (QED) is 0.801. The third-order valence-corrected chi connectivity index (χ3v) is 3.71. The van der Waals surface area contributed by atoms with Crippen LogP contribution in [0.2, 0.25) is 0 Å². The molecule has 1 atom stereocenters. The van der Waals surface area contributed by atoms with Gasteiger partial charge < -0.3 is 0 Å². The lowest BCUT2D eigenvalue weighted by atomic mass is 9.77. The fourth-order valence-electron chi connectivity index (χ4n) is 2.60. The average molecular weight is 238 g/mol. The molecule has 0 fully saturated rings. The highest BCUT2D eigenvalue weighted by Crippen LogP contribution is 2.44. The summed E-state index contributed by atoms with van der Waals surface area (Å²) in [5.74, 6) is 0.190. The molecular formula is C15H14N2O. The lowest BCUT2D eigenvalue weighted by Gasteiger charge is -2.25. The van der Waals surface area contributed by atoms with Crippen LogP contribution in [-0.2, 0) is 5.41 Å². The van der Waals surface area contributed by atoms with Crippen LogP contribution in [0.5, 0.6) is 0 Å². The molecule has 0 aromatic heterocycles. The van der Waals surface area contributed by atoms with Gasteiger partial charge in [0.05, 0.1) is 11.1 Å². The van der Waals surface area contributed by atoms with Gasteiger partial charge in [-0.1, -0.05) is 48.5 Å². The van der Waals surface area contributed by atoms with E-state index >= 15 is 0 Å². The molecule has 90 valence electrons. The molecule has 0 spiro atoms. The normalized spacial score (nSPS) is 22.1. The van der Waals surface area contributed by atoms with E-state index in [1.165, 1.54) is 0 Å². The fourth-order valence-corrected chi connectivity index (χ4v) is 2.60. The van der Waals surface area contributed by atoms with Crippen molar-refractivity contribution in [3.05, 3.63) is 65.7 Å². The molecule has 3 nitrogen and oxygen atoms in total. The van der Waals surface area contributed by atoms with Gasteiger partial charge in [0.15, 0.2) is 0 Å². The molecule has 3 heteroatoms. The highest BCUT2D eigenvalue weighted by Gasteiger charge is 2.45. The summed E-state index contributed by atoms with van der Waals surface area (Å²) < 4.78 is 0. The van der Waals surface area contributed by atoms with Crippen molar-refractivity contribution in [2.45, 2.75) is 12.3 Å². The van der Waals surface area contributed by atoms with E-state index in [1.54, 1.807) is 0 Å². The Morgan fingerprint density at radius 3 is 2.33 bits per heavy atom. The number of anilines is 1. The van der Waals surface area contributed by atoms with E-state index < -0.39 is 5.41 Å². The summed E-state index contributed by atoms with van der Waals surface area (Å²) >= 11 is 0. The number of hydrogen-bond acceptors (Lipinski definition) is 2. The molecular weight excluding hydrogens is 224 g/mol. The van der Waals surface area contributed by atoms with Gasteiger partial charge in [-0.15, -0.1) is 0 Å². The number of amidine groups is 1. The molecule has 2 N–H and O–H groups in total. The number of fused-ring (bicyclic) bond motifs is 1. The van der Waals surface area contributed by atoms with Crippen LogP contribution in [-0.4, -0.2) is 11.0 Å². The Bertz CT molecular complexity index is 609. The van der Waals surface area contributed by atoms with Gasteiger partial charge in [-0.25, -0.2) is 5.06 Å². The molecule has 1 aliphatic rings. The van der Waals surface area contributed by atoms with Crippen LogP contribution in [0.3, 0.4) is 0 Å². The molecule has 0 amide bonds. The first kappa shape index (κ1) is 11.0. The SMILES string of the molecule is CC1(c2ccccc2)C(=N)N(O)c2ccccc21. The molecule has 1 unspecified atom stereocenters. The van der Waals surface area contributed by atoms with E-state index in [1.807, 2.05) is 61.5 Å². The summed E-state index contributed by atoms with van der Waals surface area (Å²) in [5, 5.41) is 19.2. The molecule has 0 saturated heterocycles. The van der Waals surface area contributed by atoms with Gasteiger partial charge >= 0.3 is 0 Å². The van der Waals surface area contributed by atoms with Crippen LogP contribution in [0.15, 0.2) is 54.6 Å². The molecule has 0 bridgehead atoms. The zero-order chi connectivity index (χ0) is 12.8. The van der Waals surface area contributed by atoms with Crippen LogP contribution in [0.4, 0.5) is 5.69 Å². The monoisotopic (exact) mass is 238 g/mol. The Balaban J connectivity index is 2.27. The number of nitrogens with zero attached hydrogens (tertiary/aromatic N) is 1. The van der Waals surface area contributed by atoms with E-state index in [0.717, 1.165) is 16.2 Å². The van der Waals surface area contributed by atoms with Gasteiger partial charge in [0.1, 0.15) is 5.84 Å². The Morgan fingerprint density at radius 2 is 1.61 bits per heavy atom. The summed E-state index contributed by atoms with van der Waals surface area (Å²) in [5.41, 5.74) is 2.07. The first-order valence-electron chi connectivity index (χ1n) is 5.89. The zero-order valence-electron chi connectivity index (χ0n) is 10.1. The zero-order valence-corrected chi connectivity index (χ0v) is 10.1. The third kappa shape index (κ3) is 1.25. The maximum atomic E-state index is 10.1. The Hall–Kier alpha value is -2.13. The van der Waals surface area contributed by atoms with Crippen LogP contribution < -0.4 is 5.06 Å². The van der Waals surface area contributed by atoms with Crippen LogP contribution in [0, 0.1) is 5.41 Å². The number of benzene rings is 2. The van der Waals surface area contributed by atoms with Crippen molar-refractivity contribution in [1.29, 1.82) is 5.41 Å². The second kappa shape index (κ2) is 3.68. The van der Waals surface area contributed by atoms with Crippen LogP contribution in [0.1, 0.15) is 18.1 Å². The maximum absolute atomic E-state index is 10.1. The van der Waals surface area contributed by atoms with Crippen molar-refractivity contribution < 1.29 is 5.21 Å². The van der Waals surface area contributed by atoms with Gasteiger partial charge in [0, 0.05) is 0 Å².